The van der Waals surface area contributed by atoms with Crippen LogP contribution in [0.15, 0.2) is 60.7 Å². The quantitative estimate of drug-likeness (QED) is 0.517. The highest BCUT2D eigenvalue weighted by atomic mass is 16.5. The van der Waals surface area contributed by atoms with Gasteiger partial charge in [0.05, 0.1) is 5.69 Å². The summed E-state index contributed by atoms with van der Waals surface area (Å²) < 4.78 is 5.14. The normalized spacial score (nSPS) is 15.3. The Labute approximate surface area is 208 Å². The molecule has 1 fully saturated rings. The van der Waals surface area contributed by atoms with Gasteiger partial charge in [0.15, 0.2) is 0 Å². The fourth-order valence-corrected chi connectivity index (χ4v) is 5.01. The highest BCUT2D eigenvalue weighted by molar-refractivity contribution is 6.02. The average Bonchev–Trinajstić information content (AvgIpc) is 2.86. The van der Waals surface area contributed by atoms with Crippen LogP contribution < -0.4 is 4.90 Å². The number of para-hydroxylation sites is 1. The van der Waals surface area contributed by atoms with Crippen LogP contribution in [0.1, 0.15) is 23.6 Å². The molecular weight excluding hydrogens is 438 g/mol. The average molecular weight is 474 g/mol. The lowest BCUT2D eigenvalue weighted by Gasteiger charge is -2.38. The third-order valence-corrected chi connectivity index (χ3v) is 6.87. The van der Waals surface area contributed by atoms with Crippen LogP contribution in [0.4, 0.5) is 5.69 Å². The van der Waals surface area contributed by atoms with Crippen molar-refractivity contribution in [2.45, 2.75) is 33.4 Å². The van der Waals surface area contributed by atoms with Gasteiger partial charge in [0, 0.05) is 39.8 Å². The first kappa shape index (κ1) is 24.9. The molecule has 1 saturated heterocycles. The topological polar surface area (TPSA) is 53.1 Å². The van der Waals surface area contributed by atoms with Gasteiger partial charge >= 0.3 is 0 Å². The van der Waals surface area contributed by atoms with Crippen molar-refractivity contribution in [1.82, 2.24) is 9.80 Å². The lowest BCUT2D eigenvalue weighted by molar-refractivity contribution is -0.136. The number of methoxy groups -OCH3 is 1. The van der Waals surface area contributed by atoms with Crippen molar-refractivity contribution in [2.75, 3.05) is 44.8 Å². The SMILES string of the molecule is COCC(=O)N(c1c(C)cccc1C)C(C)C(=O)N1CCN(Cc2ccc3ccccc3c2)CC1. The second-order valence-electron chi connectivity index (χ2n) is 9.40. The third-order valence-electron chi connectivity index (χ3n) is 6.87. The summed E-state index contributed by atoms with van der Waals surface area (Å²) in [6.07, 6.45) is 0. The van der Waals surface area contributed by atoms with E-state index in [1.165, 1.54) is 23.4 Å². The van der Waals surface area contributed by atoms with Gasteiger partial charge in [-0.3, -0.25) is 19.4 Å². The van der Waals surface area contributed by atoms with Gasteiger partial charge in [-0.2, -0.15) is 0 Å². The van der Waals surface area contributed by atoms with Gasteiger partial charge in [-0.15, -0.1) is 0 Å². The van der Waals surface area contributed by atoms with E-state index < -0.39 is 6.04 Å². The number of aryl methyl sites for hydroxylation is 2. The standard InChI is InChI=1S/C29H35N3O3/c1-21-8-7-9-22(2)28(21)32(27(33)20-35-4)23(3)29(34)31-16-14-30(15-17-31)19-24-12-13-25-10-5-6-11-26(25)18-24/h5-13,18,23H,14-17,19-20H2,1-4H3. The van der Waals surface area contributed by atoms with E-state index >= 15 is 0 Å². The van der Waals surface area contributed by atoms with E-state index in [1.54, 1.807) is 4.90 Å². The molecule has 2 amide bonds. The first-order valence-corrected chi connectivity index (χ1v) is 12.2. The molecule has 1 aliphatic rings. The molecule has 6 heteroatoms. The van der Waals surface area contributed by atoms with E-state index in [-0.39, 0.29) is 18.4 Å². The van der Waals surface area contributed by atoms with Crippen molar-refractivity contribution >= 4 is 28.3 Å². The lowest BCUT2D eigenvalue weighted by Crippen LogP contribution is -2.55. The number of hydrogen-bond donors (Lipinski definition) is 0. The molecule has 1 atom stereocenters. The monoisotopic (exact) mass is 473 g/mol. The number of ether oxygens (including phenoxy) is 1. The smallest absolute Gasteiger partial charge is 0.253 e. The zero-order valence-corrected chi connectivity index (χ0v) is 21.2. The van der Waals surface area contributed by atoms with Gasteiger partial charge in [0.25, 0.3) is 5.91 Å². The first-order valence-electron chi connectivity index (χ1n) is 12.2. The van der Waals surface area contributed by atoms with Gasteiger partial charge in [-0.25, -0.2) is 0 Å². The Bertz CT molecular complexity index is 1180. The molecule has 1 aliphatic heterocycles. The molecule has 0 saturated carbocycles. The molecule has 1 unspecified atom stereocenters. The van der Waals surface area contributed by atoms with Crippen LogP contribution in [-0.4, -0.2) is 67.6 Å². The second kappa shape index (κ2) is 11.0. The molecule has 3 aromatic carbocycles. The second-order valence-corrected chi connectivity index (χ2v) is 9.40. The molecule has 184 valence electrons. The molecule has 1 heterocycles. The zero-order chi connectivity index (χ0) is 24.9. The van der Waals surface area contributed by atoms with Crippen LogP contribution in [0, 0.1) is 13.8 Å². The minimum Gasteiger partial charge on any atom is -0.375 e. The Hall–Kier alpha value is -3.22. The zero-order valence-electron chi connectivity index (χ0n) is 21.2. The highest BCUT2D eigenvalue weighted by Gasteiger charge is 2.33. The summed E-state index contributed by atoms with van der Waals surface area (Å²) in [5.74, 6) is -0.233. The predicted molar refractivity (Wildman–Crippen MR) is 141 cm³/mol. The maximum absolute atomic E-state index is 13.5. The van der Waals surface area contributed by atoms with Crippen LogP contribution in [0.3, 0.4) is 0 Å². The van der Waals surface area contributed by atoms with E-state index in [0.717, 1.165) is 36.4 Å². The molecule has 0 N–H and O–H groups in total. The summed E-state index contributed by atoms with van der Waals surface area (Å²) in [6, 6.07) is 20.3. The molecular formula is C29H35N3O3. The molecule has 0 bridgehead atoms. The number of anilines is 1. The van der Waals surface area contributed by atoms with E-state index in [0.29, 0.717) is 13.1 Å². The third kappa shape index (κ3) is 5.55. The number of rotatable bonds is 7. The summed E-state index contributed by atoms with van der Waals surface area (Å²) in [5, 5.41) is 2.50. The van der Waals surface area contributed by atoms with Crippen LogP contribution in [0.25, 0.3) is 10.8 Å². The fourth-order valence-electron chi connectivity index (χ4n) is 5.01. The molecule has 6 nitrogen and oxygen atoms in total. The summed E-state index contributed by atoms with van der Waals surface area (Å²) in [4.78, 5) is 32.5. The molecule has 3 aromatic rings. The summed E-state index contributed by atoms with van der Waals surface area (Å²) in [7, 11) is 1.50. The van der Waals surface area contributed by atoms with Crippen LogP contribution in [0.5, 0.6) is 0 Å². The molecule has 0 aromatic heterocycles. The van der Waals surface area contributed by atoms with E-state index in [1.807, 2.05) is 43.9 Å². The van der Waals surface area contributed by atoms with Gasteiger partial charge in [-0.05, 0) is 54.3 Å². The van der Waals surface area contributed by atoms with E-state index in [4.69, 9.17) is 4.74 Å². The highest BCUT2D eigenvalue weighted by Crippen LogP contribution is 2.28. The lowest BCUT2D eigenvalue weighted by atomic mass is 10.0. The molecule has 0 radical (unpaired) electrons. The van der Waals surface area contributed by atoms with Crippen molar-refractivity contribution in [3.8, 4) is 0 Å². The first-order chi connectivity index (χ1) is 16.9. The fraction of sp³-hybridized carbons (Fsp3) is 0.379. The van der Waals surface area contributed by atoms with Crippen molar-refractivity contribution in [2.24, 2.45) is 0 Å². The number of carbonyl (C=O) groups is 2. The number of piperazine rings is 1. The van der Waals surface area contributed by atoms with Gasteiger partial charge < -0.3 is 9.64 Å². The van der Waals surface area contributed by atoms with Crippen molar-refractivity contribution in [1.29, 1.82) is 0 Å². The molecule has 35 heavy (non-hydrogen) atoms. The Morgan fingerprint density at radius 3 is 2.23 bits per heavy atom. The van der Waals surface area contributed by atoms with Gasteiger partial charge in [-0.1, -0.05) is 54.6 Å². The number of amides is 2. The van der Waals surface area contributed by atoms with Crippen molar-refractivity contribution < 1.29 is 14.3 Å². The molecule has 0 spiro atoms. The number of benzene rings is 3. The maximum atomic E-state index is 13.5. The van der Waals surface area contributed by atoms with E-state index in [9.17, 15) is 9.59 Å². The number of carbonyl (C=O) groups excluding carboxylic acids is 2. The number of nitrogens with zero attached hydrogens (tertiary/aromatic N) is 3. The summed E-state index contributed by atoms with van der Waals surface area (Å²) >= 11 is 0. The Kier molecular flexibility index (Phi) is 7.83. The predicted octanol–water partition coefficient (Wildman–Crippen LogP) is 4.17. The van der Waals surface area contributed by atoms with Crippen molar-refractivity contribution in [3.63, 3.8) is 0 Å². The van der Waals surface area contributed by atoms with Crippen LogP contribution >= 0.6 is 0 Å². The minimum absolute atomic E-state index is 0.0255. The Morgan fingerprint density at radius 1 is 0.914 bits per heavy atom. The van der Waals surface area contributed by atoms with Gasteiger partial charge in [0.2, 0.25) is 5.91 Å². The summed E-state index contributed by atoms with van der Waals surface area (Å²) in [6.45, 7) is 9.47. The summed E-state index contributed by atoms with van der Waals surface area (Å²) in [5.41, 5.74) is 4.01. The van der Waals surface area contributed by atoms with Gasteiger partial charge in [0.1, 0.15) is 12.6 Å². The Morgan fingerprint density at radius 2 is 1.57 bits per heavy atom. The van der Waals surface area contributed by atoms with Crippen LogP contribution in [0.2, 0.25) is 0 Å². The number of fused-ring (bicyclic) bond motifs is 1. The van der Waals surface area contributed by atoms with E-state index in [2.05, 4.69) is 47.4 Å². The number of hydrogen-bond acceptors (Lipinski definition) is 4. The van der Waals surface area contributed by atoms with Crippen LogP contribution in [-0.2, 0) is 20.9 Å². The van der Waals surface area contributed by atoms with Crippen molar-refractivity contribution in [3.05, 3.63) is 77.4 Å². The maximum Gasteiger partial charge on any atom is 0.253 e. The molecule has 0 aliphatic carbocycles. The minimum atomic E-state index is -0.607. The largest absolute Gasteiger partial charge is 0.375 e. The molecule has 4 rings (SSSR count). The Balaban J connectivity index is 1.43.